The van der Waals surface area contributed by atoms with Gasteiger partial charge in [0, 0.05) is 10.9 Å². The predicted octanol–water partition coefficient (Wildman–Crippen LogP) is 5.15. The minimum atomic E-state index is -0.142. The summed E-state index contributed by atoms with van der Waals surface area (Å²) in [5.74, 6) is 1.75. The van der Waals surface area contributed by atoms with Crippen molar-refractivity contribution >= 4 is 34.3 Å². The second-order valence-electron chi connectivity index (χ2n) is 6.93. The summed E-state index contributed by atoms with van der Waals surface area (Å²) in [6.07, 6.45) is 0. The van der Waals surface area contributed by atoms with Gasteiger partial charge in [0.2, 0.25) is 5.89 Å². The number of hydrogen-bond donors (Lipinski definition) is 0. The zero-order valence-electron chi connectivity index (χ0n) is 16.2. The third-order valence-electron chi connectivity index (χ3n) is 4.55. The molecule has 0 radical (unpaired) electrons. The van der Waals surface area contributed by atoms with Crippen LogP contribution in [0.15, 0.2) is 56.9 Å². The fourth-order valence-electron chi connectivity index (χ4n) is 2.95. The van der Waals surface area contributed by atoms with Crippen molar-refractivity contribution < 1.29 is 4.52 Å². The maximum atomic E-state index is 13.3. The summed E-state index contributed by atoms with van der Waals surface area (Å²) < 4.78 is 6.94. The van der Waals surface area contributed by atoms with E-state index in [0.717, 1.165) is 5.56 Å². The molecule has 29 heavy (non-hydrogen) atoms. The van der Waals surface area contributed by atoms with Gasteiger partial charge in [0.15, 0.2) is 11.0 Å². The lowest BCUT2D eigenvalue weighted by atomic mass is 10.2. The second-order valence-corrected chi connectivity index (χ2v) is 8.28. The van der Waals surface area contributed by atoms with Crippen LogP contribution in [0.2, 0.25) is 5.02 Å². The molecule has 8 heteroatoms. The maximum Gasteiger partial charge on any atom is 0.266 e. The van der Waals surface area contributed by atoms with E-state index < -0.39 is 0 Å². The van der Waals surface area contributed by atoms with E-state index in [-0.39, 0.29) is 11.5 Å². The van der Waals surface area contributed by atoms with Crippen LogP contribution < -0.4 is 5.56 Å². The Hall–Kier alpha value is -2.64. The molecule has 0 amide bonds. The molecule has 0 bridgehead atoms. The first-order chi connectivity index (χ1) is 14.0. The Kier molecular flexibility index (Phi) is 5.43. The summed E-state index contributed by atoms with van der Waals surface area (Å²) in [6.45, 7) is 5.90. The Balaban J connectivity index is 1.83. The van der Waals surface area contributed by atoms with Crippen LogP contribution in [0.25, 0.3) is 16.6 Å². The average molecular weight is 427 g/mol. The summed E-state index contributed by atoms with van der Waals surface area (Å²) >= 11 is 7.69. The van der Waals surface area contributed by atoms with Gasteiger partial charge < -0.3 is 4.52 Å². The summed E-state index contributed by atoms with van der Waals surface area (Å²) in [5, 5.41) is 5.69. The molecular formula is C21H19ClN4O2S. The molecule has 0 aliphatic carbocycles. The maximum absolute atomic E-state index is 13.3. The Morgan fingerprint density at radius 3 is 2.69 bits per heavy atom. The number of aromatic nitrogens is 4. The molecule has 0 saturated carbocycles. The van der Waals surface area contributed by atoms with Crippen LogP contribution in [0, 0.1) is 6.92 Å². The zero-order chi connectivity index (χ0) is 20.5. The topological polar surface area (TPSA) is 73.8 Å². The highest BCUT2D eigenvalue weighted by Gasteiger charge is 2.17. The first-order valence-electron chi connectivity index (χ1n) is 9.18. The number of halogens is 1. The fraction of sp³-hybridized carbons (Fsp3) is 0.238. The highest BCUT2D eigenvalue weighted by molar-refractivity contribution is 7.98. The third-order valence-corrected chi connectivity index (χ3v) is 5.88. The van der Waals surface area contributed by atoms with Crippen LogP contribution in [0.3, 0.4) is 0 Å². The summed E-state index contributed by atoms with van der Waals surface area (Å²) in [4.78, 5) is 22.5. The van der Waals surface area contributed by atoms with E-state index >= 15 is 0 Å². The Labute approximate surface area is 176 Å². The molecular weight excluding hydrogens is 408 g/mol. The molecule has 4 aromatic rings. The zero-order valence-corrected chi connectivity index (χ0v) is 17.8. The lowest BCUT2D eigenvalue weighted by Gasteiger charge is -2.15. The number of fused-ring (bicyclic) bond motifs is 1. The molecule has 0 aliphatic heterocycles. The van der Waals surface area contributed by atoms with Crippen molar-refractivity contribution in [2.24, 2.45) is 0 Å². The number of para-hydroxylation sites is 1. The van der Waals surface area contributed by atoms with Gasteiger partial charge in [0.1, 0.15) is 0 Å². The van der Waals surface area contributed by atoms with Crippen molar-refractivity contribution in [2.75, 3.05) is 0 Å². The van der Waals surface area contributed by atoms with E-state index in [4.69, 9.17) is 21.1 Å². The van der Waals surface area contributed by atoms with E-state index in [1.165, 1.54) is 11.8 Å². The minimum absolute atomic E-state index is 0.142. The van der Waals surface area contributed by atoms with Gasteiger partial charge in [0.05, 0.1) is 22.3 Å². The summed E-state index contributed by atoms with van der Waals surface area (Å²) in [5.41, 5.74) is 2.02. The molecule has 2 aromatic heterocycles. The normalized spacial score (nSPS) is 11.5. The Morgan fingerprint density at radius 2 is 1.93 bits per heavy atom. The molecule has 0 N–H and O–H groups in total. The summed E-state index contributed by atoms with van der Waals surface area (Å²) in [6, 6.07) is 12.8. The predicted molar refractivity (Wildman–Crippen MR) is 115 cm³/mol. The number of thioether (sulfide) groups is 1. The van der Waals surface area contributed by atoms with Crippen LogP contribution in [0.4, 0.5) is 0 Å². The largest absolute Gasteiger partial charge is 0.338 e. The number of rotatable bonds is 5. The van der Waals surface area contributed by atoms with Gasteiger partial charge in [-0.05, 0) is 36.8 Å². The van der Waals surface area contributed by atoms with Crippen molar-refractivity contribution in [2.45, 2.75) is 37.6 Å². The standard InChI is InChI=1S/C21H19ClN4O2S/c1-12(2)19-24-18(28-25-19)11-29-21-23-16-9-5-4-7-14(16)20(27)26(21)17-10-6-8-15(22)13(17)3/h4-10,12H,11H2,1-3H3. The van der Waals surface area contributed by atoms with Crippen LogP contribution in [-0.4, -0.2) is 19.7 Å². The van der Waals surface area contributed by atoms with Crippen LogP contribution >= 0.6 is 23.4 Å². The number of hydrogen-bond acceptors (Lipinski definition) is 6. The van der Waals surface area contributed by atoms with Gasteiger partial charge in [-0.25, -0.2) is 4.98 Å². The smallest absolute Gasteiger partial charge is 0.266 e. The lowest BCUT2D eigenvalue weighted by Crippen LogP contribution is -2.22. The van der Waals surface area contributed by atoms with Gasteiger partial charge in [-0.15, -0.1) is 0 Å². The first-order valence-corrected chi connectivity index (χ1v) is 10.5. The van der Waals surface area contributed by atoms with E-state index in [2.05, 4.69) is 10.1 Å². The molecule has 4 rings (SSSR count). The minimum Gasteiger partial charge on any atom is -0.338 e. The second kappa shape index (κ2) is 8.00. The highest BCUT2D eigenvalue weighted by Crippen LogP contribution is 2.28. The van der Waals surface area contributed by atoms with Crippen molar-refractivity contribution in [1.82, 2.24) is 19.7 Å². The van der Waals surface area contributed by atoms with Gasteiger partial charge >= 0.3 is 0 Å². The van der Waals surface area contributed by atoms with E-state index in [1.807, 2.05) is 51.1 Å². The van der Waals surface area contributed by atoms with Crippen LogP contribution in [0.1, 0.15) is 37.0 Å². The molecule has 0 unspecified atom stereocenters. The van der Waals surface area contributed by atoms with Crippen LogP contribution in [0.5, 0.6) is 0 Å². The van der Waals surface area contributed by atoms with Gasteiger partial charge in [0.25, 0.3) is 5.56 Å². The molecule has 0 spiro atoms. The molecule has 0 fully saturated rings. The van der Waals surface area contributed by atoms with Gasteiger partial charge in [-0.3, -0.25) is 9.36 Å². The quantitative estimate of drug-likeness (QED) is 0.324. The molecule has 0 atom stereocenters. The van der Waals surface area contributed by atoms with Crippen molar-refractivity contribution in [3.63, 3.8) is 0 Å². The highest BCUT2D eigenvalue weighted by atomic mass is 35.5. The monoisotopic (exact) mass is 426 g/mol. The van der Waals surface area contributed by atoms with E-state index in [9.17, 15) is 4.79 Å². The van der Waals surface area contributed by atoms with Crippen molar-refractivity contribution in [3.8, 4) is 5.69 Å². The molecule has 148 valence electrons. The lowest BCUT2D eigenvalue weighted by molar-refractivity contribution is 0.382. The van der Waals surface area contributed by atoms with Crippen molar-refractivity contribution in [1.29, 1.82) is 0 Å². The number of benzene rings is 2. The SMILES string of the molecule is Cc1c(Cl)cccc1-n1c(SCc2nc(C(C)C)no2)nc2ccccc2c1=O. The molecule has 2 aromatic carbocycles. The van der Waals surface area contributed by atoms with E-state index in [1.54, 1.807) is 16.7 Å². The number of nitrogens with zero attached hydrogens (tertiary/aromatic N) is 4. The van der Waals surface area contributed by atoms with Crippen molar-refractivity contribution in [3.05, 3.63) is 75.1 Å². The third kappa shape index (κ3) is 3.80. The fourth-order valence-corrected chi connectivity index (χ4v) is 3.96. The van der Waals surface area contributed by atoms with Gasteiger partial charge in [-0.1, -0.05) is 60.6 Å². The average Bonchev–Trinajstić information content (AvgIpc) is 3.19. The van der Waals surface area contributed by atoms with E-state index in [0.29, 0.717) is 44.2 Å². The summed E-state index contributed by atoms with van der Waals surface area (Å²) in [7, 11) is 0. The molecule has 6 nitrogen and oxygen atoms in total. The Morgan fingerprint density at radius 1 is 1.14 bits per heavy atom. The molecule has 2 heterocycles. The van der Waals surface area contributed by atoms with Crippen LogP contribution in [-0.2, 0) is 5.75 Å². The first kappa shape index (κ1) is 19.7. The Bertz CT molecular complexity index is 1250. The van der Waals surface area contributed by atoms with Gasteiger partial charge in [-0.2, -0.15) is 4.98 Å². The molecule has 0 saturated heterocycles. The molecule has 0 aliphatic rings.